The molecule has 0 aromatic heterocycles. The van der Waals surface area contributed by atoms with E-state index in [4.69, 9.17) is 4.74 Å². The quantitative estimate of drug-likeness (QED) is 0.672. The van der Waals surface area contributed by atoms with Crippen LogP contribution < -0.4 is 10.2 Å². The van der Waals surface area contributed by atoms with Crippen LogP contribution in [0.15, 0.2) is 48.5 Å². The third-order valence-electron chi connectivity index (χ3n) is 2.07. The molecule has 15 heavy (non-hydrogen) atoms. The standard InChI is InChI=1S/C12H10BFO/c13-9-1-5-11(6-2-9)15-12-7-3-10(14)4-8-12/h1-8H,13H2. The van der Waals surface area contributed by atoms with Gasteiger partial charge in [-0.05, 0) is 36.4 Å². The molecule has 0 unspecified atom stereocenters. The molecule has 1 nitrogen and oxygen atoms in total. The lowest BCUT2D eigenvalue weighted by Crippen LogP contribution is -1.99. The van der Waals surface area contributed by atoms with E-state index in [0.717, 1.165) is 5.75 Å². The Balaban J connectivity index is 2.15. The van der Waals surface area contributed by atoms with Gasteiger partial charge in [0.05, 0.1) is 0 Å². The first kappa shape index (κ1) is 9.78. The summed E-state index contributed by atoms with van der Waals surface area (Å²) in [7, 11) is 2.02. The Morgan fingerprint density at radius 3 is 1.80 bits per heavy atom. The highest BCUT2D eigenvalue weighted by molar-refractivity contribution is 6.32. The van der Waals surface area contributed by atoms with Gasteiger partial charge in [-0.15, -0.1) is 0 Å². The zero-order valence-electron chi connectivity index (χ0n) is 8.41. The van der Waals surface area contributed by atoms with Crippen molar-refractivity contribution in [2.24, 2.45) is 0 Å². The summed E-state index contributed by atoms with van der Waals surface area (Å²) >= 11 is 0. The predicted molar refractivity (Wildman–Crippen MR) is 61.1 cm³/mol. The summed E-state index contributed by atoms with van der Waals surface area (Å²) < 4.78 is 18.1. The van der Waals surface area contributed by atoms with Crippen LogP contribution in [0.25, 0.3) is 0 Å². The van der Waals surface area contributed by atoms with Crippen molar-refractivity contribution in [3.05, 3.63) is 54.3 Å². The molecular weight excluding hydrogens is 190 g/mol. The van der Waals surface area contributed by atoms with Gasteiger partial charge in [-0.3, -0.25) is 0 Å². The predicted octanol–water partition coefficient (Wildman–Crippen LogP) is 1.88. The third kappa shape index (κ3) is 2.59. The largest absolute Gasteiger partial charge is 0.457 e. The van der Waals surface area contributed by atoms with Crippen LogP contribution in [-0.4, -0.2) is 7.85 Å². The van der Waals surface area contributed by atoms with Crippen LogP contribution >= 0.6 is 0 Å². The minimum atomic E-state index is -0.258. The van der Waals surface area contributed by atoms with Gasteiger partial charge < -0.3 is 4.74 Å². The molecule has 0 saturated heterocycles. The van der Waals surface area contributed by atoms with E-state index >= 15 is 0 Å². The molecule has 3 heteroatoms. The molecule has 0 heterocycles. The number of halogens is 1. The molecule has 0 aliphatic rings. The summed E-state index contributed by atoms with van der Waals surface area (Å²) in [6, 6.07) is 13.7. The molecule has 2 aromatic carbocycles. The van der Waals surface area contributed by atoms with E-state index in [1.54, 1.807) is 12.1 Å². The zero-order chi connectivity index (χ0) is 10.7. The van der Waals surface area contributed by atoms with Gasteiger partial charge in [0.25, 0.3) is 0 Å². The lowest BCUT2D eigenvalue weighted by molar-refractivity contribution is 0.481. The molecule has 0 atom stereocenters. The average Bonchev–Trinajstić information content (AvgIpc) is 2.25. The molecule has 0 saturated carbocycles. The molecular formula is C12H10BFO. The third-order valence-corrected chi connectivity index (χ3v) is 2.07. The van der Waals surface area contributed by atoms with Crippen molar-refractivity contribution in [1.82, 2.24) is 0 Å². The molecule has 0 N–H and O–H groups in total. The fourth-order valence-electron chi connectivity index (χ4n) is 1.25. The summed E-state index contributed by atoms with van der Waals surface area (Å²) in [5, 5.41) is 0. The van der Waals surface area contributed by atoms with Crippen molar-refractivity contribution in [3.63, 3.8) is 0 Å². The lowest BCUT2D eigenvalue weighted by Gasteiger charge is -2.05. The molecule has 0 radical (unpaired) electrons. The van der Waals surface area contributed by atoms with Gasteiger partial charge in [-0.1, -0.05) is 17.6 Å². The summed E-state index contributed by atoms with van der Waals surface area (Å²) in [4.78, 5) is 0. The monoisotopic (exact) mass is 200 g/mol. The molecule has 74 valence electrons. The molecule has 0 spiro atoms. The maximum atomic E-state index is 12.6. The van der Waals surface area contributed by atoms with Gasteiger partial charge in [0.1, 0.15) is 25.2 Å². The van der Waals surface area contributed by atoms with Crippen LogP contribution in [0.3, 0.4) is 0 Å². The SMILES string of the molecule is Bc1ccc(Oc2ccc(F)cc2)cc1. The van der Waals surface area contributed by atoms with Gasteiger partial charge in [-0.2, -0.15) is 0 Å². The number of ether oxygens (including phenoxy) is 1. The maximum absolute atomic E-state index is 12.6. The summed E-state index contributed by atoms with van der Waals surface area (Å²) in [5.41, 5.74) is 1.18. The molecule has 0 aliphatic carbocycles. The molecule has 0 fully saturated rings. The maximum Gasteiger partial charge on any atom is 0.139 e. The first-order chi connectivity index (χ1) is 7.24. The smallest absolute Gasteiger partial charge is 0.139 e. The fourth-order valence-corrected chi connectivity index (χ4v) is 1.25. The van der Waals surface area contributed by atoms with Gasteiger partial charge in [0.15, 0.2) is 0 Å². The van der Waals surface area contributed by atoms with E-state index in [2.05, 4.69) is 0 Å². The van der Waals surface area contributed by atoms with Crippen molar-refractivity contribution < 1.29 is 9.13 Å². The van der Waals surface area contributed by atoms with Gasteiger partial charge in [0.2, 0.25) is 0 Å². The van der Waals surface area contributed by atoms with Crippen LogP contribution in [0.2, 0.25) is 0 Å². The van der Waals surface area contributed by atoms with Crippen LogP contribution in [0, 0.1) is 5.82 Å². The Kier molecular flexibility index (Phi) is 2.72. The van der Waals surface area contributed by atoms with E-state index in [0.29, 0.717) is 5.75 Å². The van der Waals surface area contributed by atoms with Crippen molar-refractivity contribution in [3.8, 4) is 11.5 Å². The second kappa shape index (κ2) is 4.17. The van der Waals surface area contributed by atoms with Crippen molar-refractivity contribution in [1.29, 1.82) is 0 Å². The number of hydrogen-bond acceptors (Lipinski definition) is 1. The Morgan fingerprint density at radius 2 is 1.27 bits per heavy atom. The average molecular weight is 200 g/mol. The Bertz CT molecular complexity index is 393. The summed E-state index contributed by atoms with van der Waals surface area (Å²) in [5.74, 6) is 1.14. The Labute approximate surface area is 88.9 Å². The normalized spacial score (nSPS) is 9.93. The van der Waals surface area contributed by atoms with Gasteiger partial charge in [0, 0.05) is 0 Å². The van der Waals surface area contributed by atoms with E-state index in [-0.39, 0.29) is 5.82 Å². The Hall–Kier alpha value is -1.77. The molecule has 0 aliphatic heterocycles. The van der Waals surface area contributed by atoms with E-state index < -0.39 is 0 Å². The van der Waals surface area contributed by atoms with Crippen LogP contribution in [0.1, 0.15) is 0 Å². The van der Waals surface area contributed by atoms with Crippen LogP contribution in [-0.2, 0) is 0 Å². The second-order valence-electron chi connectivity index (χ2n) is 3.37. The number of rotatable bonds is 2. The molecule has 2 rings (SSSR count). The minimum Gasteiger partial charge on any atom is -0.457 e. The second-order valence-corrected chi connectivity index (χ2v) is 3.37. The number of benzene rings is 2. The fraction of sp³-hybridized carbons (Fsp3) is 0. The zero-order valence-corrected chi connectivity index (χ0v) is 8.41. The van der Waals surface area contributed by atoms with Crippen molar-refractivity contribution in [2.75, 3.05) is 0 Å². The van der Waals surface area contributed by atoms with E-state index in [9.17, 15) is 4.39 Å². The molecule has 0 amide bonds. The highest BCUT2D eigenvalue weighted by Gasteiger charge is 1.96. The van der Waals surface area contributed by atoms with Gasteiger partial charge in [-0.25, -0.2) is 4.39 Å². The van der Waals surface area contributed by atoms with Crippen molar-refractivity contribution >= 4 is 13.3 Å². The van der Waals surface area contributed by atoms with E-state index in [1.807, 2.05) is 32.1 Å². The highest BCUT2D eigenvalue weighted by atomic mass is 19.1. The molecule has 0 bridgehead atoms. The van der Waals surface area contributed by atoms with Gasteiger partial charge >= 0.3 is 0 Å². The first-order valence-electron chi connectivity index (χ1n) is 4.74. The number of hydrogen-bond donors (Lipinski definition) is 0. The Morgan fingerprint density at radius 1 is 0.800 bits per heavy atom. The topological polar surface area (TPSA) is 9.23 Å². The molecule has 2 aromatic rings. The van der Waals surface area contributed by atoms with E-state index in [1.165, 1.54) is 17.6 Å². The van der Waals surface area contributed by atoms with Crippen LogP contribution in [0.5, 0.6) is 11.5 Å². The van der Waals surface area contributed by atoms with Crippen molar-refractivity contribution in [2.45, 2.75) is 0 Å². The highest BCUT2D eigenvalue weighted by Crippen LogP contribution is 2.20. The minimum absolute atomic E-state index is 0.258. The summed E-state index contributed by atoms with van der Waals surface area (Å²) in [6.45, 7) is 0. The summed E-state index contributed by atoms with van der Waals surface area (Å²) in [6.07, 6.45) is 0. The first-order valence-corrected chi connectivity index (χ1v) is 4.74. The lowest BCUT2D eigenvalue weighted by atomic mass is 9.97. The van der Waals surface area contributed by atoms with Crippen LogP contribution in [0.4, 0.5) is 4.39 Å².